The Morgan fingerprint density at radius 2 is 1.95 bits per heavy atom. The average molecular weight is 274 g/mol. The van der Waals surface area contributed by atoms with E-state index in [2.05, 4.69) is 13.8 Å². The summed E-state index contributed by atoms with van der Waals surface area (Å²) in [7, 11) is 0. The summed E-state index contributed by atoms with van der Waals surface area (Å²) in [6.45, 7) is 16.4. The molecule has 0 aromatic carbocycles. The van der Waals surface area contributed by atoms with Gasteiger partial charge in [-0.3, -0.25) is 4.79 Å². The Morgan fingerprint density at radius 3 is 2.40 bits per heavy atom. The van der Waals surface area contributed by atoms with E-state index in [0.29, 0.717) is 18.3 Å². The van der Waals surface area contributed by atoms with Crippen LogP contribution in [0.5, 0.6) is 0 Å². The van der Waals surface area contributed by atoms with Crippen molar-refractivity contribution in [3.63, 3.8) is 0 Å². The maximum Gasteiger partial charge on any atom is 0.309 e. The largest absolute Gasteiger partial charge is 0.458 e. The molecule has 3 saturated carbocycles. The van der Waals surface area contributed by atoms with Crippen molar-refractivity contribution < 1.29 is 9.53 Å². The van der Waals surface area contributed by atoms with Crippen LogP contribution in [0.15, 0.2) is 0 Å². The summed E-state index contributed by atoms with van der Waals surface area (Å²) >= 11 is 0. The summed E-state index contributed by atoms with van der Waals surface area (Å²) in [5, 5.41) is 0. The molecule has 0 aromatic heterocycles. The molecule has 0 aromatic rings. The van der Waals surface area contributed by atoms with E-state index in [-0.39, 0.29) is 29.3 Å². The van der Waals surface area contributed by atoms with Crippen molar-refractivity contribution in [3.8, 4) is 0 Å². The van der Waals surface area contributed by atoms with Gasteiger partial charge in [-0.25, -0.2) is 0 Å². The maximum absolute atomic E-state index is 12.6. The minimum Gasteiger partial charge on any atom is -0.458 e. The highest BCUT2D eigenvalue weighted by molar-refractivity contribution is 5.74. The number of esters is 1. The molecule has 110 valence electrons. The average Bonchev–Trinajstić information content (AvgIpc) is 3.03. The molecule has 20 heavy (non-hydrogen) atoms. The number of rotatable bonds is 3. The van der Waals surface area contributed by atoms with Crippen molar-refractivity contribution in [2.45, 2.75) is 58.0 Å². The number of hydrogen-bond acceptors (Lipinski definition) is 2. The van der Waals surface area contributed by atoms with Gasteiger partial charge in [0.15, 0.2) is 0 Å². The highest BCUT2D eigenvalue weighted by Crippen LogP contribution is 2.56. The molecular weight excluding hydrogens is 248 g/mol. The van der Waals surface area contributed by atoms with Gasteiger partial charge in [0.05, 0.1) is 5.92 Å². The lowest BCUT2D eigenvalue weighted by Crippen LogP contribution is -2.46. The zero-order chi connectivity index (χ0) is 14.5. The molecule has 2 bridgehead atoms. The summed E-state index contributed by atoms with van der Waals surface area (Å²) in [6, 6.07) is 0. The van der Waals surface area contributed by atoms with Crippen molar-refractivity contribution in [2.24, 2.45) is 35.5 Å². The molecular formula is C18H26O2. The monoisotopic (exact) mass is 274 g/mol. The molecule has 6 atom stereocenters. The van der Waals surface area contributed by atoms with E-state index in [1.54, 1.807) is 0 Å². The Hall–Kier alpha value is -0.530. The van der Waals surface area contributed by atoms with Crippen LogP contribution in [0.1, 0.15) is 52.4 Å². The predicted octanol–water partition coefficient (Wildman–Crippen LogP) is 3.81. The Labute approximate surface area is 123 Å². The lowest BCUT2D eigenvalue weighted by molar-refractivity contribution is -0.179. The van der Waals surface area contributed by atoms with E-state index < -0.39 is 0 Å². The molecule has 0 aliphatic heterocycles. The topological polar surface area (TPSA) is 26.3 Å². The number of carbonyl (C=O) groups is 1. The van der Waals surface area contributed by atoms with Gasteiger partial charge in [0.25, 0.3) is 0 Å². The lowest BCUT2D eigenvalue weighted by Gasteiger charge is -2.41. The van der Waals surface area contributed by atoms with Crippen LogP contribution >= 0.6 is 0 Å². The first kappa shape index (κ1) is 14.4. The first-order valence-corrected chi connectivity index (χ1v) is 8.16. The zero-order valence-electron chi connectivity index (χ0n) is 12.7. The van der Waals surface area contributed by atoms with Crippen molar-refractivity contribution in [1.82, 2.24) is 0 Å². The molecule has 3 fully saturated rings. The van der Waals surface area contributed by atoms with Crippen molar-refractivity contribution in [2.75, 3.05) is 0 Å². The number of carbonyl (C=O) groups excluding carboxylic acids is 1. The lowest BCUT2D eigenvalue weighted by atomic mass is 9.76. The standard InChI is InChI=1S/C18H26O2/c1-11(2)18(10-14-5-6-15(18)9-14)20-17(19)16-8-12(3)7-13(16)4/h3-4,11-16H,5-10H2,1-2H3. The normalized spacial score (nSPS) is 47.1. The van der Waals surface area contributed by atoms with Gasteiger partial charge in [-0.1, -0.05) is 13.8 Å². The van der Waals surface area contributed by atoms with Crippen LogP contribution < -0.4 is 0 Å². The van der Waals surface area contributed by atoms with E-state index in [9.17, 15) is 4.79 Å². The van der Waals surface area contributed by atoms with Gasteiger partial charge in [-0.05, 0) is 82.0 Å². The smallest absolute Gasteiger partial charge is 0.309 e. The van der Waals surface area contributed by atoms with Crippen LogP contribution in [0.3, 0.4) is 0 Å². The molecule has 3 rings (SSSR count). The Bertz CT molecular complexity index is 389. The molecule has 3 aliphatic rings. The summed E-state index contributed by atoms with van der Waals surface area (Å²) in [4.78, 5) is 12.6. The Kier molecular flexibility index (Phi) is 3.63. The first-order valence-electron chi connectivity index (χ1n) is 8.16. The second-order valence-electron chi connectivity index (χ2n) is 7.61. The molecule has 6 unspecified atom stereocenters. The quantitative estimate of drug-likeness (QED) is 0.732. The predicted molar refractivity (Wildman–Crippen MR) is 77.4 cm³/mol. The number of ether oxygens (including phenoxy) is 1. The third kappa shape index (κ3) is 2.19. The summed E-state index contributed by atoms with van der Waals surface area (Å²) in [6.07, 6.45) is 6.23. The van der Waals surface area contributed by atoms with Gasteiger partial charge < -0.3 is 4.74 Å². The SMILES string of the molecule is [CH]C1CC([CH])C(C(=O)OC2(C(C)C)CC3CCC2C3)C1. The van der Waals surface area contributed by atoms with E-state index >= 15 is 0 Å². The van der Waals surface area contributed by atoms with Crippen LogP contribution in [0, 0.1) is 49.4 Å². The van der Waals surface area contributed by atoms with Crippen molar-refractivity contribution in [1.29, 1.82) is 0 Å². The van der Waals surface area contributed by atoms with E-state index in [1.165, 1.54) is 19.3 Å². The Morgan fingerprint density at radius 1 is 1.20 bits per heavy atom. The first-order chi connectivity index (χ1) is 9.42. The number of fused-ring (bicyclic) bond motifs is 2. The van der Waals surface area contributed by atoms with Gasteiger partial charge in [-0.15, -0.1) is 0 Å². The minimum atomic E-state index is -0.230. The fourth-order valence-corrected chi connectivity index (χ4v) is 4.92. The van der Waals surface area contributed by atoms with Crippen LogP contribution in [0.25, 0.3) is 0 Å². The molecule has 3 aliphatic carbocycles. The van der Waals surface area contributed by atoms with Gasteiger partial charge in [0.2, 0.25) is 0 Å². The Balaban J connectivity index is 1.73. The van der Waals surface area contributed by atoms with Gasteiger partial charge in [-0.2, -0.15) is 0 Å². The fourth-order valence-electron chi connectivity index (χ4n) is 4.92. The molecule has 0 N–H and O–H groups in total. The molecule has 2 heteroatoms. The molecule has 2 nitrogen and oxygen atoms in total. The maximum atomic E-state index is 12.6. The van der Waals surface area contributed by atoms with Crippen LogP contribution in [0.2, 0.25) is 0 Å². The zero-order valence-corrected chi connectivity index (χ0v) is 12.7. The third-order valence-corrected chi connectivity index (χ3v) is 6.06. The van der Waals surface area contributed by atoms with Gasteiger partial charge in [0.1, 0.15) is 5.60 Å². The molecule has 0 spiro atoms. The summed E-state index contributed by atoms with van der Waals surface area (Å²) in [5.41, 5.74) is -0.230. The molecule has 4 radical (unpaired) electrons. The van der Waals surface area contributed by atoms with Gasteiger partial charge in [0, 0.05) is 0 Å². The summed E-state index contributed by atoms with van der Waals surface area (Å²) < 4.78 is 6.12. The van der Waals surface area contributed by atoms with Crippen LogP contribution in [-0.4, -0.2) is 11.6 Å². The third-order valence-electron chi connectivity index (χ3n) is 6.06. The second-order valence-corrected chi connectivity index (χ2v) is 7.61. The van der Waals surface area contributed by atoms with E-state index in [4.69, 9.17) is 18.6 Å². The minimum absolute atomic E-state index is 0.0533. The van der Waals surface area contributed by atoms with Crippen LogP contribution in [0.4, 0.5) is 0 Å². The summed E-state index contributed by atoms with van der Waals surface area (Å²) in [5.74, 6) is 1.34. The van der Waals surface area contributed by atoms with Crippen molar-refractivity contribution in [3.05, 3.63) is 13.8 Å². The van der Waals surface area contributed by atoms with E-state index in [0.717, 1.165) is 18.8 Å². The highest BCUT2D eigenvalue weighted by Gasteiger charge is 2.56. The number of hydrogen-bond donors (Lipinski definition) is 0. The second kappa shape index (κ2) is 5.03. The fraction of sp³-hybridized carbons (Fsp3) is 0.833. The molecule has 0 amide bonds. The van der Waals surface area contributed by atoms with Crippen molar-refractivity contribution >= 4 is 5.97 Å². The van der Waals surface area contributed by atoms with Crippen LogP contribution in [-0.2, 0) is 9.53 Å². The van der Waals surface area contributed by atoms with Gasteiger partial charge >= 0.3 is 5.97 Å². The highest BCUT2D eigenvalue weighted by atomic mass is 16.6. The molecule has 0 heterocycles. The molecule has 0 saturated heterocycles. The van der Waals surface area contributed by atoms with E-state index in [1.807, 2.05) is 0 Å².